The van der Waals surface area contributed by atoms with Gasteiger partial charge in [-0.25, -0.2) is 4.79 Å². The molecule has 3 atom stereocenters. The Morgan fingerprint density at radius 3 is 2.32 bits per heavy atom. The monoisotopic (exact) mass is 268 g/mol. The number of hydrogen-bond acceptors (Lipinski definition) is 3. The molecule has 0 bridgehead atoms. The minimum atomic E-state index is -0.942. The highest BCUT2D eigenvalue weighted by Gasteiger charge is 2.22. The Labute approximate surface area is 112 Å². The lowest BCUT2D eigenvalue weighted by Gasteiger charge is -2.19. The SMILES string of the molecule is Cc1ccc(C(C)NC(=O)NC(C)C(C)C(=O)O)o1. The molecule has 0 aromatic carbocycles. The van der Waals surface area contributed by atoms with E-state index in [1.54, 1.807) is 26.8 Å². The first-order chi connectivity index (χ1) is 8.81. The van der Waals surface area contributed by atoms with Crippen molar-refractivity contribution in [2.45, 2.75) is 39.8 Å². The molecule has 0 saturated heterocycles. The molecule has 0 aliphatic heterocycles. The molecule has 0 fully saturated rings. The molecule has 0 spiro atoms. The number of carboxylic acid groups (broad SMARTS) is 1. The van der Waals surface area contributed by atoms with Gasteiger partial charge in [0.1, 0.15) is 11.5 Å². The zero-order valence-corrected chi connectivity index (χ0v) is 11.6. The van der Waals surface area contributed by atoms with Crippen LogP contribution in [0.25, 0.3) is 0 Å². The first-order valence-electron chi connectivity index (χ1n) is 6.17. The molecular formula is C13H20N2O4. The zero-order chi connectivity index (χ0) is 14.6. The van der Waals surface area contributed by atoms with Crippen molar-refractivity contribution in [3.63, 3.8) is 0 Å². The zero-order valence-electron chi connectivity index (χ0n) is 11.6. The van der Waals surface area contributed by atoms with Crippen molar-refractivity contribution in [2.75, 3.05) is 0 Å². The third kappa shape index (κ3) is 4.31. The summed E-state index contributed by atoms with van der Waals surface area (Å²) in [4.78, 5) is 22.5. The highest BCUT2D eigenvalue weighted by atomic mass is 16.4. The van der Waals surface area contributed by atoms with Gasteiger partial charge in [0.05, 0.1) is 12.0 Å². The van der Waals surface area contributed by atoms with Gasteiger partial charge in [-0.15, -0.1) is 0 Å². The molecule has 6 heteroatoms. The smallest absolute Gasteiger partial charge is 0.315 e. The lowest BCUT2D eigenvalue weighted by Crippen LogP contribution is -2.45. The van der Waals surface area contributed by atoms with Gasteiger partial charge in [-0.1, -0.05) is 0 Å². The largest absolute Gasteiger partial charge is 0.481 e. The molecule has 0 radical (unpaired) electrons. The summed E-state index contributed by atoms with van der Waals surface area (Å²) in [6, 6.07) is 2.47. The maximum absolute atomic E-state index is 11.7. The normalized spacial score (nSPS) is 15.4. The van der Waals surface area contributed by atoms with E-state index in [0.717, 1.165) is 5.76 Å². The summed E-state index contributed by atoms with van der Waals surface area (Å²) in [6.45, 7) is 6.82. The van der Waals surface area contributed by atoms with Gasteiger partial charge in [0.2, 0.25) is 0 Å². The van der Waals surface area contributed by atoms with Crippen LogP contribution >= 0.6 is 0 Å². The maximum Gasteiger partial charge on any atom is 0.315 e. The van der Waals surface area contributed by atoms with E-state index in [-0.39, 0.29) is 6.04 Å². The van der Waals surface area contributed by atoms with Crippen LogP contribution in [0.4, 0.5) is 4.79 Å². The van der Waals surface area contributed by atoms with Gasteiger partial charge in [0.15, 0.2) is 0 Å². The van der Waals surface area contributed by atoms with E-state index < -0.39 is 24.0 Å². The molecule has 0 aliphatic rings. The molecule has 6 nitrogen and oxygen atoms in total. The van der Waals surface area contributed by atoms with Gasteiger partial charge >= 0.3 is 12.0 Å². The Hall–Kier alpha value is -1.98. The standard InChI is InChI=1S/C13H20N2O4/c1-7-5-6-11(19-7)10(4)15-13(18)14-9(3)8(2)12(16)17/h5-6,8-10H,1-4H3,(H,16,17)(H2,14,15,18). The summed E-state index contributed by atoms with van der Waals surface area (Å²) in [5.74, 6) is -0.155. The number of hydrogen-bond donors (Lipinski definition) is 3. The number of carbonyl (C=O) groups excluding carboxylic acids is 1. The quantitative estimate of drug-likeness (QED) is 0.762. The Morgan fingerprint density at radius 2 is 1.84 bits per heavy atom. The third-order valence-electron chi connectivity index (χ3n) is 3.03. The number of carboxylic acids is 1. The van der Waals surface area contributed by atoms with Gasteiger partial charge < -0.3 is 20.2 Å². The molecule has 3 N–H and O–H groups in total. The van der Waals surface area contributed by atoms with Crippen LogP contribution in [0.3, 0.4) is 0 Å². The van der Waals surface area contributed by atoms with Gasteiger partial charge in [0.25, 0.3) is 0 Å². The van der Waals surface area contributed by atoms with Crippen LogP contribution < -0.4 is 10.6 Å². The van der Waals surface area contributed by atoms with E-state index >= 15 is 0 Å². The van der Waals surface area contributed by atoms with Crippen molar-refractivity contribution in [3.8, 4) is 0 Å². The van der Waals surface area contributed by atoms with E-state index in [0.29, 0.717) is 5.76 Å². The molecule has 3 unspecified atom stereocenters. The van der Waals surface area contributed by atoms with E-state index in [2.05, 4.69) is 10.6 Å². The summed E-state index contributed by atoms with van der Waals surface area (Å²) in [6.07, 6.45) is 0. The predicted octanol–water partition coefficient (Wildman–Crippen LogP) is 2.06. The number of carbonyl (C=O) groups is 2. The van der Waals surface area contributed by atoms with Crippen LogP contribution in [0, 0.1) is 12.8 Å². The fraction of sp³-hybridized carbons (Fsp3) is 0.538. The Kier molecular flexibility index (Phi) is 4.97. The van der Waals surface area contributed by atoms with Crippen LogP contribution in [0.1, 0.15) is 38.3 Å². The predicted molar refractivity (Wildman–Crippen MR) is 69.8 cm³/mol. The van der Waals surface area contributed by atoms with Crippen molar-refractivity contribution >= 4 is 12.0 Å². The lowest BCUT2D eigenvalue weighted by atomic mass is 10.0. The van der Waals surface area contributed by atoms with Crippen molar-refractivity contribution in [1.82, 2.24) is 10.6 Å². The Balaban J connectivity index is 2.49. The summed E-state index contributed by atoms with van der Waals surface area (Å²) in [5, 5.41) is 14.1. The van der Waals surface area contributed by atoms with Gasteiger partial charge in [-0.3, -0.25) is 4.79 Å². The highest BCUT2D eigenvalue weighted by molar-refractivity contribution is 5.76. The molecule has 106 valence electrons. The number of amides is 2. The molecular weight excluding hydrogens is 248 g/mol. The number of aryl methyl sites for hydroxylation is 1. The number of rotatable bonds is 5. The fourth-order valence-electron chi connectivity index (χ4n) is 1.54. The van der Waals surface area contributed by atoms with E-state index in [1.165, 1.54) is 0 Å². The first kappa shape index (κ1) is 15.1. The molecule has 1 rings (SSSR count). The number of furan rings is 1. The number of nitrogens with one attached hydrogen (secondary N) is 2. The lowest BCUT2D eigenvalue weighted by molar-refractivity contribution is -0.141. The molecule has 1 aromatic rings. The summed E-state index contributed by atoms with van der Waals surface area (Å²) < 4.78 is 5.40. The van der Waals surface area contributed by atoms with Gasteiger partial charge in [-0.05, 0) is 39.8 Å². The van der Waals surface area contributed by atoms with E-state index in [9.17, 15) is 9.59 Å². The van der Waals surface area contributed by atoms with Crippen LogP contribution in [0.5, 0.6) is 0 Å². The second kappa shape index (κ2) is 6.26. The van der Waals surface area contributed by atoms with Crippen molar-refractivity contribution < 1.29 is 19.1 Å². The van der Waals surface area contributed by atoms with Crippen LogP contribution in [-0.4, -0.2) is 23.1 Å². The average molecular weight is 268 g/mol. The molecule has 2 amide bonds. The van der Waals surface area contributed by atoms with Crippen LogP contribution in [-0.2, 0) is 4.79 Å². The topological polar surface area (TPSA) is 91.6 Å². The van der Waals surface area contributed by atoms with Crippen molar-refractivity contribution in [2.24, 2.45) is 5.92 Å². The molecule has 1 heterocycles. The fourth-order valence-corrected chi connectivity index (χ4v) is 1.54. The summed E-state index contributed by atoms with van der Waals surface area (Å²) in [7, 11) is 0. The van der Waals surface area contributed by atoms with E-state index in [1.807, 2.05) is 13.0 Å². The van der Waals surface area contributed by atoms with Crippen molar-refractivity contribution in [1.29, 1.82) is 0 Å². The Bertz CT molecular complexity index is 455. The first-order valence-corrected chi connectivity index (χ1v) is 6.17. The highest BCUT2D eigenvalue weighted by Crippen LogP contribution is 2.15. The molecule has 1 aromatic heterocycles. The second-order valence-corrected chi connectivity index (χ2v) is 4.70. The average Bonchev–Trinajstić information content (AvgIpc) is 2.74. The van der Waals surface area contributed by atoms with E-state index in [4.69, 9.17) is 9.52 Å². The molecule has 19 heavy (non-hydrogen) atoms. The number of aliphatic carboxylic acids is 1. The maximum atomic E-state index is 11.7. The third-order valence-corrected chi connectivity index (χ3v) is 3.03. The van der Waals surface area contributed by atoms with Crippen LogP contribution in [0.15, 0.2) is 16.5 Å². The molecule has 0 aliphatic carbocycles. The minimum absolute atomic E-state index is 0.277. The van der Waals surface area contributed by atoms with Crippen molar-refractivity contribution in [3.05, 3.63) is 23.7 Å². The molecule has 0 saturated carbocycles. The van der Waals surface area contributed by atoms with Crippen LogP contribution in [0.2, 0.25) is 0 Å². The summed E-state index contributed by atoms with van der Waals surface area (Å²) in [5.41, 5.74) is 0. The number of urea groups is 1. The summed E-state index contributed by atoms with van der Waals surface area (Å²) >= 11 is 0. The second-order valence-electron chi connectivity index (χ2n) is 4.70. The Morgan fingerprint density at radius 1 is 1.21 bits per heavy atom. The minimum Gasteiger partial charge on any atom is -0.481 e. The van der Waals surface area contributed by atoms with Gasteiger partial charge in [0, 0.05) is 6.04 Å². The van der Waals surface area contributed by atoms with Gasteiger partial charge in [-0.2, -0.15) is 0 Å².